The molecule has 18 heavy (non-hydrogen) atoms. The Hall–Kier alpha value is -0.610. The van der Waals surface area contributed by atoms with Crippen molar-refractivity contribution < 1.29 is 9.53 Å². The molecule has 1 aliphatic heterocycles. The van der Waals surface area contributed by atoms with Crippen molar-refractivity contribution >= 4 is 5.91 Å². The maximum Gasteiger partial charge on any atom is 0.226 e. The summed E-state index contributed by atoms with van der Waals surface area (Å²) in [5.74, 6) is 0.938. The Balaban J connectivity index is 2.63. The lowest BCUT2D eigenvalue weighted by molar-refractivity contribution is -0.140. The van der Waals surface area contributed by atoms with E-state index in [1.54, 1.807) is 7.11 Å². The summed E-state index contributed by atoms with van der Waals surface area (Å²) in [6.07, 6.45) is 2.03. The van der Waals surface area contributed by atoms with E-state index in [0.717, 1.165) is 25.9 Å². The van der Waals surface area contributed by atoms with Gasteiger partial charge in [0.2, 0.25) is 5.91 Å². The second kappa shape index (κ2) is 7.74. The van der Waals surface area contributed by atoms with Crippen molar-refractivity contribution in [2.45, 2.75) is 39.7 Å². The second-order valence-electron chi connectivity index (χ2n) is 5.20. The van der Waals surface area contributed by atoms with Crippen LogP contribution in [0, 0.1) is 11.8 Å². The molecule has 1 unspecified atom stereocenters. The fourth-order valence-corrected chi connectivity index (χ4v) is 2.52. The molecule has 0 aromatic carbocycles. The molecule has 1 heterocycles. The molecule has 0 saturated carbocycles. The van der Waals surface area contributed by atoms with Crippen molar-refractivity contribution in [3.05, 3.63) is 0 Å². The van der Waals surface area contributed by atoms with E-state index in [0.29, 0.717) is 31.0 Å². The van der Waals surface area contributed by atoms with Gasteiger partial charge in [-0.05, 0) is 31.8 Å². The van der Waals surface area contributed by atoms with Gasteiger partial charge in [0, 0.05) is 25.6 Å². The Morgan fingerprint density at radius 3 is 2.39 bits per heavy atom. The lowest BCUT2D eigenvalue weighted by atomic mass is 9.87. The van der Waals surface area contributed by atoms with Crippen LogP contribution in [0.25, 0.3) is 0 Å². The molecule has 106 valence electrons. The Morgan fingerprint density at radius 1 is 1.39 bits per heavy atom. The van der Waals surface area contributed by atoms with Crippen molar-refractivity contribution in [1.82, 2.24) is 10.2 Å². The molecule has 4 nitrogen and oxygen atoms in total. The number of nitrogens with zero attached hydrogens (tertiary/aromatic N) is 1. The van der Waals surface area contributed by atoms with Crippen LogP contribution in [0.5, 0.6) is 0 Å². The summed E-state index contributed by atoms with van der Waals surface area (Å²) in [4.78, 5) is 14.6. The molecule has 1 amide bonds. The minimum absolute atomic E-state index is 0.128. The fourth-order valence-electron chi connectivity index (χ4n) is 2.52. The summed E-state index contributed by atoms with van der Waals surface area (Å²) in [5.41, 5.74) is 0. The summed E-state index contributed by atoms with van der Waals surface area (Å²) in [5, 5.41) is 3.24. The van der Waals surface area contributed by atoms with Crippen LogP contribution in [-0.4, -0.2) is 50.2 Å². The molecule has 1 aliphatic rings. The van der Waals surface area contributed by atoms with Crippen LogP contribution in [0.15, 0.2) is 0 Å². The minimum Gasteiger partial charge on any atom is -0.383 e. The van der Waals surface area contributed by atoms with Crippen molar-refractivity contribution in [2.75, 3.05) is 33.4 Å². The van der Waals surface area contributed by atoms with E-state index in [1.165, 1.54) is 0 Å². The summed E-state index contributed by atoms with van der Waals surface area (Å²) >= 11 is 0. The number of hydrogen-bond donors (Lipinski definition) is 1. The zero-order valence-corrected chi connectivity index (χ0v) is 12.2. The van der Waals surface area contributed by atoms with Crippen LogP contribution in [0.1, 0.15) is 33.6 Å². The molecule has 0 aromatic heterocycles. The second-order valence-corrected chi connectivity index (χ2v) is 5.20. The van der Waals surface area contributed by atoms with E-state index in [2.05, 4.69) is 26.1 Å². The van der Waals surface area contributed by atoms with E-state index in [-0.39, 0.29) is 5.92 Å². The largest absolute Gasteiger partial charge is 0.383 e. The summed E-state index contributed by atoms with van der Waals surface area (Å²) in [6.45, 7) is 9.66. The number of carbonyl (C=O) groups is 1. The third-order valence-corrected chi connectivity index (χ3v) is 4.11. The topological polar surface area (TPSA) is 41.6 Å². The number of amides is 1. The van der Waals surface area contributed by atoms with Crippen LogP contribution in [0.4, 0.5) is 0 Å². The van der Waals surface area contributed by atoms with Gasteiger partial charge in [0.05, 0.1) is 6.61 Å². The smallest absolute Gasteiger partial charge is 0.226 e. The zero-order valence-electron chi connectivity index (χ0n) is 12.2. The van der Waals surface area contributed by atoms with Crippen molar-refractivity contribution in [3.8, 4) is 0 Å². The first-order valence-corrected chi connectivity index (χ1v) is 7.15. The zero-order chi connectivity index (χ0) is 13.5. The van der Waals surface area contributed by atoms with Crippen LogP contribution < -0.4 is 5.32 Å². The predicted molar refractivity (Wildman–Crippen MR) is 73.5 cm³/mol. The summed E-state index contributed by atoms with van der Waals surface area (Å²) < 4.78 is 5.14. The number of carbonyl (C=O) groups excluding carboxylic acids is 1. The van der Waals surface area contributed by atoms with Crippen LogP contribution >= 0.6 is 0 Å². The molecular formula is C14H28N2O2. The molecule has 0 radical (unpaired) electrons. The Labute approximate surface area is 111 Å². The van der Waals surface area contributed by atoms with Gasteiger partial charge in [0.25, 0.3) is 0 Å². The SMILES string of the molecule is CCC(CC)N(CCOC)C(=O)C(C)C1CNC1. The van der Waals surface area contributed by atoms with Crippen LogP contribution in [-0.2, 0) is 9.53 Å². The van der Waals surface area contributed by atoms with E-state index in [4.69, 9.17) is 4.74 Å². The monoisotopic (exact) mass is 256 g/mol. The lowest BCUT2D eigenvalue weighted by Gasteiger charge is -2.38. The molecule has 4 heteroatoms. The highest BCUT2D eigenvalue weighted by atomic mass is 16.5. The van der Waals surface area contributed by atoms with Gasteiger partial charge < -0.3 is 15.0 Å². The number of nitrogens with one attached hydrogen (secondary N) is 1. The van der Waals surface area contributed by atoms with Crippen LogP contribution in [0.2, 0.25) is 0 Å². The van der Waals surface area contributed by atoms with Gasteiger partial charge in [-0.1, -0.05) is 20.8 Å². The average molecular weight is 256 g/mol. The molecule has 1 atom stereocenters. The highest BCUT2D eigenvalue weighted by molar-refractivity contribution is 5.79. The number of hydrogen-bond acceptors (Lipinski definition) is 3. The molecule has 1 N–H and O–H groups in total. The molecule has 0 aliphatic carbocycles. The molecule has 1 fully saturated rings. The van der Waals surface area contributed by atoms with Gasteiger partial charge in [-0.2, -0.15) is 0 Å². The Morgan fingerprint density at radius 2 is 2.00 bits per heavy atom. The number of rotatable bonds is 8. The van der Waals surface area contributed by atoms with E-state index >= 15 is 0 Å². The molecule has 0 aromatic rings. The predicted octanol–water partition coefficient (Wildman–Crippen LogP) is 1.51. The third kappa shape index (κ3) is 3.69. The van der Waals surface area contributed by atoms with Crippen molar-refractivity contribution in [1.29, 1.82) is 0 Å². The van der Waals surface area contributed by atoms with Gasteiger partial charge in [-0.3, -0.25) is 4.79 Å². The first kappa shape index (κ1) is 15.4. The van der Waals surface area contributed by atoms with Gasteiger partial charge in [0.1, 0.15) is 0 Å². The molecule has 0 spiro atoms. The Kier molecular flexibility index (Phi) is 6.65. The average Bonchev–Trinajstić information content (AvgIpc) is 2.31. The summed E-state index contributed by atoms with van der Waals surface area (Å²) in [6, 6.07) is 0.350. The summed E-state index contributed by atoms with van der Waals surface area (Å²) in [7, 11) is 1.69. The first-order valence-electron chi connectivity index (χ1n) is 7.15. The van der Waals surface area contributed by atoms with Gasteiger partial charge in [-0.25, -0.2) is 0 Å². The maximum absolute atomic E-state index is 12.6. The van der Waals surface area contributed by atoms with Crippen molar-refractivity contribution in [2.24, 2.45) is 11.8 Å². The lowest BCUT2D eigenvalue weighted by Crippen LogP contribution is -2.52. The van der Waals surface area contributed by atoms with E-state index < -0.39 is 0 Å². The van der Waals surface area contributed by atoms with Crippen molar-refractivity contribution in [3.63, 3.8) is 0 Å². The normalized spacial score (nSPS) is 17.6. The highest BCUT2D eigenvalue weighted by Gasteiger charge is 2.33. The molecule has 1 saturated heterocycles. The highest BCUT2D eigenvalue weighted by Crippen LogP contribution is 2.21. The quantitative estimate of drug-likeness (QED) is 0.715. The van der Waals surface area contributed by atoms with Gasteiger partial charge in [-0.15, -0.1) is 0 Å². The van der Waals surface area contributed by atoms with E-state index in [1.807, 2.05) is 4.90 Å². The third-order valence-electron chi connectivity index (χ3n) is 4.11. The Bertz CT molecular complexity index is 250. The molecular weight excluding hydrogens is 228 g/mol. The van der Waals surface area contributed by atoms with Gasteiger partial charge in [0.15, 0.2) is 0 Å². The molecule has 1 rings (SSSR count). The number of ether oxygens (including phenoxy) is 1. The standard InChI is InChI=1S/C14H28N2O2/c1-5-13(6-2)16(7-8-18-4)14(17)11(3)12-9-15-10-12/h11-13,15H,5-10H2,1-4H3. The first-order chi connectivity index (χ1) is 8.65. The van der Waals surface area contributed by atoms with Crippen LogP contribution in [0.3, 0.4) is 0 Å². The maximum atomic E-state index is 12.6. The fraction of sp³-hybridized carbons (Fsp3) is 0.929. The molecule has 0 bridgehead atoms. The van der Waals surface area contributed by atoms with E-state index in [9.17, 15) is 4.79 Å². The number of methoxy groups -OCH3 is 1. The minimum atomic E-state index is 0.128. The van der Waals surface area contributed by atoms with Gasteiger partial charge >= 0.3 is 0 Å².